The van der Waals surface area contributed by atoms with E-state index in [0.717, 1.165) is 15.7 Å². The van der Waals surface area contributed by atoms with Crippen LogP contribution < -0.4 is 11.3 Å². The molecular formula is C15H14BrN3S. The lowest BCUT2D eigenvalue weighted by atomic mass is 10.0. The van der Waals surface area contributed by atoms with Gasteiger partial charge in [0.1, 0.15) is 0 Å². The van der Waals surface area contributed by atoms with E-state index in [-0.39, 0.29) is 6.04 Å². The van der Waals surface area contributed by atoms with Gasteiger partial charge in [0.15, 0.2) is 0 Å². The van der Waals surface area contributed by atoms with Crippen LogP contribution in [0.2, 0.25) is 0 Å². The maximum absolute atomic E-state index is 5.73. The van der Waals surface area contributed by atoms with Gasteiger partial charge in [0, 0.05) is 16.5 Å². The maximum atomic E-state index is 5.73. The second kappa shape index (κ2) is 6.01. The monoisotopic (exact) mass is 347 g/mol. The van der Waals surface area contributed by atoms with Crippen molar-refractivity contribution in [2.45, 2.75) is 12.5 Å². The zero-order valence-corrected chi connectivity index (χ0v) is 13.1. The Kier molecular flexibility index (Phi) is 4.12. The van der Waals surface area contributed by atoms with E-state index in [4.69, 9.17) is 5.84 Å². The first kappa shape index (κ1) is 13.7. The average Bonchev–Trinajstić information content (AvgIpc) is 2.91. The first-order valence-electron chi connectivity index (χ1n) is 6.32. The molecule has 1 atom stereocenters. The Bertz CT molecular complexity index is 720. The van der Waals surface area contributed by atoms with Crippen LogP contribution in [-0.2, 0) is 6.42 Å². The number of para-hydroxylation sites is 1. The van der Waals surface area contributed by atoms with Gasteiger partial charge in [-0.15, -0.1) is 11.3 Å². The summed E-state index contributed by atoms with van der Waals surface area (Å²) in [6.07, 6.45) is 2.70. The summed E-state index contributed by atoms with van der Waals surface area (Å²) >= 11 is 5.20. The number of aromatic nitrogens is 1. The number of halogens is 1. The van der Waals surface area contributed by atoms with E-state index in [1.165, 1.54) is 15.8 Å². The molecule has 0 radical (unpaired) electrons. The summed E-state index contributed by atoms with van der Waals surface area (Å²) in [7, 11) is 0. The molecule has 0 bridgehead atoms. The van der Waals surface area contributed by atoms with Crippen LogP contribution in [0.3, 0.4) is 0 Å². The number of nitrogens with zero attached hydrogens (tertiary/aromatic N) is 1. The third-order valence-electron chi connectivity index (χ3n) is 3.30. The van der Waals surface area contributed by atoms with Crippen molar-refractivity contribution in [1.82, 2.24) is 10.4 Å². The smallest absolute Gasteiger partial charge is 0.0704 e. The summed E-state index contributed by atoms with van der Waals surface area (Å²) < 4.78 is 1.12. The number of pyridine rings is 1. The molecular weight excluding hydrogens is 334 g/mol. The molecule has 5 heteroatoms. The minimum atomic E-state index is 0.108. The lowest BCUT2D eigenvalue weighted by Gasteiger charge is -2.15. The van der Waals surface area contributed by atoms with E-state index in [0.29, 0.717) is 0 Å². The van der Waals surface area contributed by atoms with Crippen LogP contribution in [0.5, 0.6) is 0 Å². The fourth-order valence-corrected chi connectivity index (χ4v) is 3.79. The molecule has 0 aliphatic heterocycles. The highest BCUT2D eigenvalue weighted by atomic mass is 79.9. The lowest BCUT2D eigenvalue weighted by Crippen LogP contribution is -2.29. The Morgan fingerprint density at radius 1 is 1.20 bits per heavy atom. The van der Waals surface area contributed by atoms with E-state index in [9.17, 15) is 0 Å². The van der Waals surface area contributed by atoms with Crippen molar-refractivity contribution in [3.8, 4) is 0 Å². The van der Waals surface area contributed by atoms with Gasteiger partial charge >= 0.3 is 0 Å². The zero-order chi connectivity index (χ0) is 13.9. The normalized spacial score (nSPS) is 12.7. The summed E-state index contributed by atoms with van der Waals surface area (Å²) in [5.74, 6) is 5.73. The van der Waals surface area contributed by atoms with Crippen molar-refractivity contribution in [3.05, 3.63) is 62.9 Å². The summed E-state index contributed by atoms with van der Waals surface area (Å²) in [4.78, 5) is 5.62. The van der Waals surface area contributed by atoms with E-state index in [1.807, 2.05) is 24.4 Å². The van der Waals surface area contributed by atoms with Gasteiger partial charge in [0.05, 0.1) is 15.3 Å². The van der Waals surface area contributed by atoms with E-state index < -0.39 is 0 Å². The van der Waals surface area contributed by atoms with Crippen molar-refractivity contribution in [3.63, 3.8) is 0 Å². The minimum Gasteiger partial charge on any atom is -0.271 e. The van der Waals surface area contributed by atoms with Gasteiger partial charge in [-0.2, -0.15) is 0 Å². The van der Waals surface area contributed by atoms with Crippen LogP contribution >= 0.6 is 27.3 Å². The van der Waals surface area contributed by atoms with Crippen LogP contribution in [0.4, 0.5) is 0 Å². The molecule has 20 heavy (non-hydrogen) atoms. The molecule has 2 heterocycles. The lowest BCUT2D eigenvalue weighted by molar-refractivity contribution is 0.562. The number of rotatable bonds is 4. The average molecular weight is 348 g/mol. The number of hydrogen-bond donors (Lipinski definition) is 2. The molecule has 3 rings (SSSR count). The Morgan fingerprint density at radius 3 is 2.80 bits per heavy atom. The van der Waals surface area contributed by atoms with Gasteiger partial charge < -0.3 is 0 Å². The van der Waals surface area contributed by atoms with Crippen molar-refractivity contribution < 1.29 is 0 Å². The van der Waals surface area contributed by atoms with Crippen LogP contribution in [0.25, 0.3) is 10.9 Å². The highest BCUT2D eigenvalue weighted by Crippen LogP contribution is 2.30. The summed E-state index contributed by atoms with van der Waals surface area (Å²) in [5, 5.41) is 1.19. The van der Waals surface area contributed by atoms with E-state index >= 15 is 0 Å². The van der Waals surface area contributed by atoms with Gasteiger partial charge in [0.2, 0.25) is 0 Å². The molecule has 0 aliphatic carbocycles. The van der Waals surface area contributed by atoms with Crippen molar-refractivity contribution in [2.75, 3.05) is 0 Å². The molecule has 3 nitrogen and oxygen atoms in total. The number of hydrazine groups is 1. The molecule has 0 amide bonds. The highest BCUT2D eigenvalue weighted by molar-refractivity contribution is 9.11. The Morgan fingerprint density at radius 2 is 2.05 bits per heavy atom. The Hall–Kier alpha value is -1.27. The quantitative estimate of drug-likeness (QED) is 0.557. The van der Waals surface area contributed by atoms with E-state index in [1.54, 1.807) is 11.3 Å². The van der Waals surface area contributed by atoms with Gasteiger partial charge in [-0.05, 0) is 52.2 Å². The first-order valence-corrected chi connectivity index (χ1v) is 7.93. The molecule has 0 saturated carbocycles. The maximum Gasteiger partial charge on any atom is 0.0704 e. The molecule has 0 aliphatic rings. The van der Waals surface area contributed by atoms with Gasteiger partial charge in [-0.3, -0.25) is 16.3 Å². The third kappa shape index (κ3) is 2.76. The van der Waals surface area contributed by atoms with Crippen LogP contribution in [0.15, 0.2) is 52.4 Å². The fourth-order valence-electron chi connectivity index (χ4n) is 2.31. The van der Waals surface area contributed by atoms with Gasteiger partial charge in [0.25, 0.3) is 0 Å². The second-order valence-corrected chi connectivity index (χ2v) is 7.05. The Balaban J connectivity index is 1.95. The molecule has 0 fully saturated rings. The van der Waals surface area contributed by atoms with Crippen molar-refractivity contribution in [1.29, 1.82) is 0 Å². The van der Waals surface area contributed by atoms with E-state index in [2.05, 4.69) is 50.6 Å². The zero-order valence-electron chi connectivity index (χ0n) is 10.7. The third-order valence-corrected chi connectivity index (χ3v) is 5.04. The molecule has 1 aromatic carbocycles. The van der Waals surface area contributed by atoms with Crippen molar-refractivity contribution >= 4 is 38.2 Å². The number of nitrogens with two attached hydrogens (primary N) is 1. The number of hydrogen-bond acceptors (Lipinski definition) is 4. The molecule has 2 aromatic heterocycles. The highest BCUT2D eigenvalue weighted by Gasteiger charge is 2.14. The van der Waals surface area contributed by atoms with Crippen LogP contribution in [-0.4, -0.2) is 4.98 Å². The molecule has 3 N–H and O–H groups in total. The number of thiophene rings is 1. The topological polar surface area (TPSA) is 50.9 Å². The van der Waals surface area contributed by atoms with Crippen LogP contribution in [0.1, 0.15) is 16.5 Å². The SMILES string of the molecule is NNC(Cc1ccnc2ccccc12)c1ccc(Br)s1. The molecule has 3 aromatic rings. The second-order valence-electron chi connectivity index (χ2n) is 4.55. The van der Waals surface area contributed by atoms with Crippen LogP contribution in [0, 0.1) is 0 Å². The number of fused-ring (bicyclic) bond motifs is 1. The summed E-state index contributed by atoms with van der Waals surface area (Å²) in [5.41, 5.74) is 5.19. The predicted octanol–water partition coefficient (Wildman–Crippen LogP) is 3.81. The summed E-state index contributed by atoms with van der Waals surface area (Å²) in [6.45, 7) is 0. The largest absolute Gasteiger partial charge is 0.271 e. The fraction of sp³-hybridized carbons (Fsp3) is 0.133. The summed E-state index contributed by atoms with van der Waals surface area (Å²) in [6, 6.07) is 14.5. The molecule has 1 unspecified atom stereocenters. The number of nitrogens with one attached hydrogen (secondary N) is 1. The standard InChI is InChI=1S/C15H14BrN3S/c16-15-6-5-14(20-15)13(19-17)9-10-7-8-18-12-4-2-1-3-11(10)12/h1-8,13,19H,9,17H2. The molecule has 102 valence electrons. The predicted molar refractivity (Wildman–Crippen MR) is 87.5 cm³/mol. The van der Waals surface area contributed by atoms with Gasteiger partial charge in [-0.1, -0.05) is 18.2 Å². The minimum absolute atomic E-state index is 0.108. The molecule has 0 saturated heterocycles. The number of benzene rings is 1. The van der Waals surface area contributed by atoms with Crippen molar-refractivity contribution in [2.24, 2.45) is 5.84 Å². The Labute approximate surface area is 129 Å². The first-order chi connectivity index (χ1) is 9.78. The molecule has 0 spiro atoms. The van der Waals surface area contributed by atoms with Gasteiger partial charge in [-0.25, -0.2) is 0 Å².